The van der Waals surface area contributed by atoms with Crippen LogP contribution in [0.1, 0.15) is 12.7 Å². The van der Waals surface area contributed by atoms with E-state index in [0.29, 0.717) is 34.5 Å². The van der Waals surface area contributed by atoms with E-state index in [-0.39, 0.29) is 0 Å². The number of benzene rings is 1. The third-order valence-corrected chi connectivity index (χ3v) is 2.81. The maximum Gasteiger partial charge on any atom is 0.343 e. The van der Waals surface area contributed by atoms with E-state index < -0.39 is 11.7 Å². The number of aliphatic hydroxyl groups excluding tert-OH is 1. The lowest BCUT2D eigenvalue weighted by molar-refractivity contribution is 0.186. The molecule has 0 spiro atoms. The largest absolute Gasteiger partial charge is 0.493 e. The highest BCUT2D eigenvalue weighted by Gasteiger charge is 2.12. The summed E-state index contributed by atoms with van der Waals surface area (Å²) in [7, 11) is 3.04. The summed E-state index contributed by atoms with van der Waals surface area (Å²) in [5.74, 6) is 1.47. The summed E-state index contributed by atoms with van der Waals surface area (Å²) in [4.78, 5) is 11.9. The Morgan fingerprint density at radius 1 is 1.21 bits per heavy atom. The molecule has 2 aromatic rings. The molecule has 102 valence electrons. The Kier molecular flexibility index (Phi) is 3.76. The van der Waals surface area contributed by atoms with Crippen molar-refractivity contribution in [1.29, 1.82) is 0 Å². The molecule has 0 amide bonds. The molecule has 1 aromatic carbocycles. The van der Waals surface area contributed by atoms with Crippen molar-refractivity contribution in [3.05, 3.63) is 34.4 Å². The predicted molar refractivity (Wildman–Crippen MR) is 71.0 cm³/mol. The number of ether oxygens (including phenoxy) is 2. The fourth-order valence-electron chi connectivity index (χ4n) is 1.96. The fraction of sp³-hybridized carbons (Fsp3) is 0.357. The number of fused-ring (bicyclic) bond motifs is 1. The lowest BCUT2D eigenvalue weighted by Gasteiger charge is -2.09. The van der Waals surface area contributed by atoms with E-state index in [2.05, 4.69) is 0 Å². The smallest absolute Gasteiger partial charge is 0.343 e. The van der Waals surface area contributed by atoms with Crippen molar-refractivity contribution in [1.82, 2.24) is 0 Å². The van der Waals surface area contributed by atoms with Crippen LogP contribution in [-0.4, -0.2) is 25.4 Å². The van der Waals surface area contributed by atoms with Crippen LogP contribution in [0.3, 0.4) is 0 Å². The summed E-state index contributed by atoms with van der Waals surface area (Å²) in [5, 5.41) is 10.5. The first kappa shape index (κ1) is 13.4. The standard InChI is InChI=1S/C14H16O5/c1-8(15)4-10-5-9-6-12(17-2)13(18-3)7-11(9)14(16)19-10/h5-8,15H,4H2,1-3H3/t8-/m0/s1. The molecule has 5 nitrogen and oxygen atoms in total. The lowest BCUT2D eigenvalue weighted by Crippen LogP contribution is -2.09. The second kappa shape index (κ2) is 5.32. The van der Waals surface area contributed by atoms with Crippen LogP contribution in [0.2, 0.25) is 0 Å². The molecule has 19 heavy (non-hydrogen) atoms. The molecule has 5 heteroatoms. The van der Waals surface area contributed by atoms with Crippen LogP contribution in [0.15, 0.2) is 27.4 Å². The topological polar surface area (TPSA) is 68.9 Å². The molecule has 2 rings (SSSR count). The van der Waals surface area contributed by atoms with Crippen molar-refractivity contribution in [3.63, 3.8) is 0 Å². The van der Waals surface area contributed by atoms with Crippen LogP contribution < -0.4 is 15.1 Å². The van der Waals surface area contributed by atoms with Crippen LogP contribution in [0.5, 0.6) is 11.5 Å². The maximum atomic E-state index is 11.9. The Morgan fingerprint density at radius 2 is 1.84 bits per heavy atom. The van der Waals surface area contributed by atoms with Gasteiger partial charge in [-0.05, 0) is 30.5 Å². The van der Waals surface area contributed by atoms with Gasteiger partial charge in [0.05, 0.1) is 25.7 Å². The molecule has 0 fully saturated rings. The minimum absolute atomic E-state index is 0.291. The number of hydrogen-bond donors (Lipinski definition) is 1. The first-order valence-electron chi connectivity index (χ1n) is 5.92. The molecule has 0 aliphatic rings. The Labute approximate surface area is 110 Å². The molecular weight excluding hydrogens is 248 g/mol. The van der Waals surface area contributed by atoms with Gasteiger partial charge in [-0.1, -0.05) is 0 Å². The van der Waals surface area contributed by atoms with Crippen LogP contribution in [0, 0.1) is 0 Å². The summed E-state index contributed by atoms with van der Waals surface area (Å²) < 4.78 is 15.5. The van der Waals surface area contributed by atoms with Crippen molar-refractivity contribution in [2.45, 2.75) is 19.4 Å². The first-order chi connectivity index (χ1) is 9.05. The highest BCUT2D eigenvalue weighted by Crippen LogP contribution is 2.31. The molecule has 0 saturated carbocycles. The Morgan fingerprint density at radius 3 is 2.42 bits per heavy atom. The minimum Gasteiger partial charge on any atom is -0.493 e. The third-order valence-electron chi connectivity index (χ3n) is 2.81. The zero-order chi connectivity index (χ0) is 14.0. The Hall–Kier alpha value is -2.01. The van der Waals surface area contributed by atoms with Crippen LogP contribution in [0.4, 0.5) is 0 Å². The Balaban J connectivity index is 2.63. The molecule has 0 aliphatic heterocycles. The second-order valence-electron chi connectivity index (χ2n) is 4.35. The van der Waals surface area contributed by atoms with Crippen LogP contribution in [-0.2, 0) is 6.42 Å². The quantitative estimate of drug-likeness (QED) is 0.910. The molecular formula is C14H16O5. The average Bonchev–Trinajstić information content (AvgIpc) is 2.36. The van der Waals surface area contributed by atoms with Crippen molar-refractivity contribution in [3.8, 4) is 11.5 Å². The number of rotatable bonds is 4. The van der Waals surface area contributed by atoms with Gasteiger partial charge in [-0.2, -0.15) is 0 Å². The van der Waals surface area contributed by atoms with Crippen molar-refractivity contribution in [2.75, 3.05) is 14.2 Å². The van der Waals surface area contributed by atoms with E-state index in [1.807, 2.05) is 0 Å². The van der Waals surface area contributed by atoms with Gasteiger partial charge in [0, 0.05) is 6.42 Å². The molecule has 0 unspecified atom stereocenters. The minimum atomic E-state index is -0.569. The van der Waals surface area contributed by atoms with Gasteiger partial charge in [0.2, 0.25) is 0 Å². The molecule has 0 aliphatic carbocycles. The summed E-state index contributed by atoms with van der Waals surface area (Å²) in [6.45, 7) is 1.64. The number of hydrogen-bond acceptors (Lipinski definition) is 5. The monoisotopic (exact) mass is 264 g/mol. The number of aliphatic hydroxyl groups is 1. The zero-order valence-corrected chi connectivity index (χ0v) is 11.1. The van der Waals surface area contributed by atoms with E-state index in [1.165, 1.54) is 14.2 Å². The highest BCUT2D eigenvalue weighted by atomic mass is 16.5. The third kappa shape index (κ3) is 2.71. The molecule has 1 heterocycles. The summed E-state index contributed by atoms with van der Waals surface area (Å²) in [5.41, 5.74) is -0.450. The average molecular weight is 264 g/mol. The highest BCUT2D eigenvalue weighted by molar-refractivity contribution is 5.85. The summed E-state index contributed by atoms with van der Waals surface area (Å²) in [6, 6.07) is 5.04. The van der Waals surface area contributed by atoms with Crippen molar-refractivity contribution < 1.29 is 19.0 Å². The molecule has 0 bridgehead atoms. The maximum absolute atomic E-state index is 11.9. The van der Waals surface area contributed by atoms with E-state index in [0.717, 1.165) is 0 Å². The van der Waals surface area contributed by atoms with Gasteiger partial charge in [0.25, 0.3) is 0 Å². The van der Waals surface area contributed by atoms with E-state index in [4.69, 9.17) is 13.9 Å². The fourth-order valence-corrected chi connectivity index (χ4v) is 1.96. The van der Waals surface area contributed by atoms with Gasteiger partial charge in [-0.15, -0.1) is 0 Å². The number of methoxy groups -OCH3 is 2. The summed E-state index contributed by atoms with van der Waals surface area (Å²) >= 11 is 0. The normalized spacial score (nSPS) is 12.4. The molecule has 1 N–H and O–H groups in total. The van der Waals surface area contributed by atoms with Gasteiger partial charge in [0.1, 0.15) is 5.76 Å². The molecule has 1 atom stereocenters. The van der Waals surface area contributed by atoms with Gasteiger partial charge in [-0.25, -0.2) is 4.79 Å². The van der Waals surface area contributed by atoms with E-state index in [1.54, 1.807) is 25.1 Å². The zero-order valence-electron chi connectivity index (χ0n) is 11.1. The molecule has 0 saturated heterocycles. The first-order valence-corrected chi connectivity index (χ1v) is 5.92. The predicted octanol–water partition coefficient (Wildman–Crippen LogP) is 1.73. The summed E-state index contributed by atoms with van der Waals surface area (Å²) in [6.07, 6.45) is -0.278. The van der Waals surface area contributed by atoms with Gasteiger partial charge >= 0.3 is 5.63 Å². The molecule has 1 aromatic heterocycles. The van der Waals surface area contributed by atoms with Crippen molar-refractivity contribution in [2.24, 2.45) is 0 Å². The van der Waals surface area contributed by atoms with Gasteiger partial charge in [0.15, 0.2) is 11.5 Å². The second-order valence-corrected chi connectivity index (χ2v) is 4.35. The van der Waals surface area contributed by atoms with E-state index in [9.17, 15) is 9.90 Å². The SMILES string of the molecule is COc1cc2cc(C[C@H](C)O)oc(=O)c2cc1OC. The van der Waals surface area contributed by atoms with Crippen LogP contribution >= 0.6 is 0 Å². The van der Waals surface area contributed by atoms with Crippen molar-refractivity contribution >= 4 is 10.8 Å². The van der Waals surface area contributed by atoms with Gasteiger partial charge < -0.3 is 19.0 Å². The van der Waals surface area contributed by atoms with Crippen LogP contribution in [0.25, 0.3) is 10.8 Å². The van der Waals surface area contributed by atoms with Gasteiger partial charge in [-0.3, -0.25) is 0 Å². The Bertz CT molecular complexity index is 642. The lowest BCUT2D eigenvalue weighted by atomic mass is 10.1. The molecule has 0 radical (unpaired) electrons. The van der Waals surface area contributed by atoms with E-state index >= 15 is 0 Å².